The highest BCUT2D eigenvalue weighted by molar-refractivity contribution is 6.19. The summed E-state index contributed by atoms with van der Waals surface area (Å²) in [5.41, 5.74) is 1.70. The number of hydrogen-bond donors (Lipinski definition) is 1. The molecule has 3 nitrogen and oxygen atoms in total. The maximum Gasteiger partial charge on any atom is 0.227 e. The van der Waals surface area contributed by atoms with E-state index in [0.29, 0.717) is 12.4 Å². The Morgan fingerprint density at radius 1 is 1.28 bits per heavy atom. The molecule has 0 bridgehead atoms. The van der Waals surface area contributed by atoms with Crippen LogP contribution in [0.15, 0.2) is 24.3 Å². The van der Waals surface area contributed by atoms with Crippen LogP contribution in [-0.2, 0) is 11.3 Å². The van der Waals surface area contributed by atoms with Crippen molar-refractivity contribution in [2.75, 3.05) is 24.9 Å². The lowest BCUT2D eigenvalue weighted by atomic mass is 9.95. The molecule has 0 atom stereocenters. The summed E-state index contributed by atoms with van der Waals surface area (Å²) in [6.45, 7) is 4.21. The molecule has 0 heterocycles. The van der Waals surface area contributed by atoms with Crippen LogP contribution >= 0.6 is 11.6 Å². The molecule has 18 heavy (non-hydrogen) atoms. The molecule has 0 radical (unpaired) electrons. The predicted molar refractivity (Wildman–Crippen MR) is 77.1 cm³/mol. The van der Waals surface area contributed by atoms with E-state index in [4.69, 9.17) is 11.6 Å². The van der Waals surface area contributed by atoms with Crippen LogP contribution in [0, 0.1) is 5.41 Å². The molecule has 1 rings (SSSR count). The Hall–Kier alpha value is -1.22. The fraction of sp³-hybridized carbons (Fsp3) is 0.500. The molecule has 0 unspecified atom stereocenters. The Morgan fingerprint density at radius 2 is 1.83 bits per heavy atom. The lowest BCUT2D eigenvalue weighted by Gasteiger charge is -2.20. The molecule has 0 aliphatic rings. The molecule has 1 amide bonds. The maximum absolute atomic E-state index is 11.8. The van der Waals surface area contributed by atoms with E-state index in [1.807, 2.05) is 57.1 Å². The molecule has 0 fully saturated rings. The summed E-state index contributed by atoms with van der Waals surface area (Å²) in [7, 11) is 4.00. The van der Waals surface area contributed by atoms with E-state index in [9.17, 15) is 4.79 Å². The predicted octanol–water partition coefficient (Wildman–Crippen LogP) is 2.63. The van der Waals surface area contributed by atoms with Crippen LogP contribution in [0.2, 0.25) is 0 Å². The summed E-state index contributed by atoms with van der Waals surface area (Å²) < 4.78 is 0. The Labute approximate surface area is 114 Å². The van der Waals surface area contributed by atoms with Crippen LogP contribution in [0.4, 0.5) is 5.69 Å². The second-order valence-electron chi connectivity index (χ2n) is 5.26. The Morgan fingerprint density at radius 3 is 2.28 bits per heavy atom. The van der Waals surface area contributed by atoms with Gasteiger partial charge in [-0.15, -0.1) is 11.6 Å². The first kappa shape index (κ1) is 14.8. The number of amides is 1. The number of alkyl halides is 1. The first-order valence-electron chi connectivity index (χ1n) is 5.97. The Bertz CT molecular complexity index is 399. The van der Waals surface area contributed by atoms with Gasteiger partial charge in [-0.25, -0.2) is 0 Å². The number of carbonyl (C=O) groups excluding carboxylic acids is 1. The highest BCUT2D eigenvalue weighted by atomic mass is 35.5. The van der Waals surface area contributed by atoms with Crippen LogP contribution in [0.5, 0.6) is 0 Å². The van der Waals surface area contributed by atoms with Gasteiger partial charge in [0.1, 0.15) is 0 Å². The van der Waals surface area contributed by atoms with Crippen LogP contribution < -0.4 is 10.2 Å². The van der Waals surface area contributed by atoms with Gasteiger partial charge in [0, 0.05) is 32.2 Å². The zero-order valence-corrected chi connectivity index (χ0v) is 12.2. The van der Waals surface area contributed by atoms with Gasteiger partial charge in [0.05, 0.1) is 5.41 Å². The number of carbonyl (C=O) groups is 1. The molecule has 1 N–H and O–H groups in total. The average Bonchev–Trinajstić information content (AvgIpc) is 2.36. The van der Waals surface area contributed by atoms with E-state index in [1.54, 1.807) is 0 Å². The van der Waals surface area contributed by atoms with Gasteiger partial charge >= 0.3 is 0 Å². The van der Waals surface area contributed by atoms with Gasteiger partial charge in [0.15, 0.2) is 0 Å². The van der Waals surface area contributed by atoms with E-state index >= 15 is 0 Å². The van der Waals surface area contributed by atoms with Crippen molar-refractivity contribution in [1.29, 1.82) is 0 Å². The number of nitrogens with zero attached hydrogens (tertiary/aromatic N) is 1. The quantitative estimate of drug-likeness (QED) is 0.833. The molecular weight excluding hydrogens is 248 g/mol. The number of nitrogens with one attached hydrogen (secondary N) is 1. The lowest BCUT2D eigenvalue weighted by Crippen LogP contribution is -2.37. The normalized spacial score (nSPS) is 11.2. The van der Waals surface area contributed by atoms with E-state index in [0.717, 1.165) is 11.3 Å². The van der Waals surface area contributed by atoms with Gasteiger partial charge < -0.3 is 10.2 Å². The molecule has 0 aliphatic carbocycles. The van der Waals surface area contributed by atoms with Crippen molar-refractivity contribution in [3.63, 3.8) is 0 Å². The third kappa shape index (κ3) is 3.91. The van der Waals surface area contributed by atoms with Crippen molar-refractivity contribution in [2.45, 2.75) is 20.4 Å². The molecule has 1 aromatic rings. The summed E-state index contributed by atoms with van der Waals surface area (Å²) in [5.74, 6) is 0.299. The first-order chi connectivity index (χ1) is 8.36. The van der Waals surface area contributed by atoms with Crippen molar-refractivity contribution in [3.8, 4) is 0 Å². The molecule has 1 aromatic carbocycles. The van der Waals surface area contributed by atoms with Crippen LogP contribution in [0.3, 0.4) is 0 Å². The van der Waals surface area contributed by atoms with Gasteiger partial charge in [0.2, 0.25) is 5.91 Å². The molecule has 0 saturated carbocycles. The smallest absolute Gasteiger partial charge is 0.227 e. The van der Waals surface area contributed by atoms with Crippen molar-refractivity contribution in [3.05, 3.63) is 29.8 Å². The van der Waals surface area contributed by atoms with Crippen LogP contribution in [0.25, 0.3) is 0 Å². The first-order valence-corrected chi connectivity index (χ1v) is 6.51. The van der Waals surface area contributed by atoms with Crippen molar-refractivity contribution in [1.82, 2.24) is 5.32 Å². The lowest BCUT2D eigenvalue weighted by molar-refractivity contribution is -0.128. The minimum atomic E-state index is -0.523. The molecule has 0 aliphatic heterocycles. The van der Waals surface area contributed by atoms with E-state index < -0.39 is 5.41 Å². The third-order valence-corrected chi connectivity index (χ3v) is 3.52. The molecule has 0 saturated heterocycles. The largest absolute Gasteiger partial charge is 0.378 e. The van der Waals surface area contributed by atoms with Gasteiger partial charge in [-0.3, -0.25) is 4.79 Å². The van der Waals surface area contributed by atoms with Crippen molar-refractivity contribution in [2.24, 2.45) is 5.41 Å². The summed E-state index contributed by atoms with van der Waals surface area (Å²) in [6.07, 6.45) is 0. The number of hydrogen-bond acceptors (Lipinski definition) is 2. The second kappa shape index (κ2) is 6.10. The standard InChI is InChI=1S/C14H21ClN2O/c1-14(2,10-15)13(18)16-9-11-5-7-12(8-6-11)17(3)4/h5-8H,9-10H2,1-4H3,(H,16,18). The van der Waals surface area contributed by atoms with Crippen LogP contribution in [-0.4, -0.2) is 25.9 Å². The SMILES string of the molecule is CN(C)c1ccc(CNC(=O)C(C)(C)CCl)cc1. The summed E-state index contributed by atoms with van der Waals surface area (Å²) >= 11 is 5.76. The number of anilines is 1. The number of benzene rings is 1. The fourth-order valence-electron chi connectivity index (χ4n) is 1.39. The zero-order chi connectivity index (χ0) is 13.8. The summed E-state index contributed by atoms with van der Waals surface area (Å²) in [6, 6.07) is 8.11. The molecule has 4 heteroatoms. The van der Waals surface area contributed by atoms with Gasteiger partial charge in [-0.2, -0.15) is 0 Å². The highest BCUT2D eigenvalue weighted by Crippen LogP contribution is 2.17. The zero-order valence-electron chi connectivity index (χ0n) is 11.5. The third-order valence-electron chi connectivity index (χ3n) is 2.85. The van der Waals surface area contributed by atoms with E-state index in [-0.39, 0.29) is 5.91 Å². The van der Waals surface area contributed by atoms with E-state index in [2.05, 4.69) is 5.32 Å². The highest BCUT2D eigenvalue weighted by Gasteiger charge is 2.25. The topological polar surface area (TPSA) is 32.3 Å². The van der Waals surface area contributed by atoms with Crippen molar-refractivity contribution < 1.29 is 4.79 Å². The molecule has 100 valence electrons. The Balaban J connectivity index is 2.57. The number of rotatable bonds is 5. The Kier molecular flexibility index (Phi) is 5.03. The van der Waals surface area contributed by atoms with Gasteiger partial charge in [-0.05, 0) is 31.5 Å². The minimum Gasteiger partial charge on any atom is -0.378 e. The monoisotopic (exact) mass is 268 g/mol. The average molecular weight is 269 g/mol. The second-order valence-corrected chi connectivity index (χ2v) is 5.53. The van der Waals surface area contributed by atoms with E-state index in [1.165, 1.54) is 0 Å². The number of halogens is 1. The summed E-state index contributed by atoms with van der Waals surface area (Å²) in [5, 5.41) is 2.90. The van der Waals surface area contributed by atoms with Gasteiger partial charge in [-0.1, -0.05) is 12.1 Å². The molecule has 0 aromatic heterocycles. The fourth-order valence-corrected chi connectivity index (χ4v) is 1.52. The minimum absolute atomic E-state index is 0.0193. The van der Waals surface area contributed by atoms with Crippen molar-refractivity contribution >= 4 is 23.2 Å². The summed E-state index contributed by atoms with van der Waals surface area (Å²) in [4.78, 5) is 13.9. The molecule has 0 spiro atoms. The van der Waals surface area contributed by atoms with Gasteiger partial charge in [0.25, 0.3) is 0 Å². The molecular formula is C14H21ClN2O. The van der Waals surface area contributed by atoms with Crippen LogP contribution in [0.1, 0.15) is 19.4 Å². The maximum atomic E-state index is 11.8.